The summed E-state index contributed by atoms with van der Waals surface area (Å²) in [4.78, 5) is 42.6. The molecule has 2 N–H and O–H groups in total. The number of carbonyl (C=O) groups excluding carboxylic acids is 3. The van der Waals surface area contributed by atoms with Gasteiger partial charge in [-0.05, 0) is 84.1 Å². The van der Waals surface area contributed by atoms with Gasteiger partial charge in [-0.2, -0.15) is 5.10 Å². The highest BCUT2D eigenvalue weighted by Gasteiger charge is 2.30. The molecule has 0 saturated heterocycles. The van der Waals surface area contributed by atoms with Crippen LogP contribution in [-0.4, -0.2) is 43.8 Å². The summed E-state index contributed by atoms with van der Waals surface area (Å²) in [6, 6.07) is 6.50. The van der Waals surface area contributed by atoms with Crippen LogP contribution < -0.4 is 10.6 Å². The molecule has 10 nitrogen and oxygen atoms in total. The second kappa shape index (κ2) is 9.49. The number of aromatic nitrogens is 3. The Morgan fingerprint density at radius 3 is 2.41 bits per heavy atom. The Labute approximate surface area is 215 Å². The molecule has 0 radical (unpaired) electrons. The lowest BCUT2D eigenvalue weighted by Gasteiger charge is -2.21. The molecule has 10 heteroatoms. The number of nitrogens with zero attached hydrogens (tertiary/aromatic N) is 3. The van der Waals surface area contributed by atoms with Gasteiger partial charge in [0.15, 0.2) is 5.65 Å². The molecule has 3 aromatic rings. The number of benzene rings is 1. The summed E-state index contributed by atoms with van der Waals surface area (Å²) in [5.41, 5.74) is 2.77. The Morgan fingerprint density at radius 2 is 1.73 bits per heavy atom. The lowest BCUT2D eigenvalue weighted by atomic mass is 9.97. The van der Waals surface area contributed by atoms with Gasteiger partial charge in [0.2, 0.25) is 0 Å². The van der Waals surface area contributed by atoms with Crippen LogP contribution in [0.3, 0.4) is 0 Å². The van der Waals surface area contributed by atoms with Gasteiger partial charge in [-0.15, -0.1) is 0 Å². The molecule has 196 valence electrons. The molecule has 0 unspecified atom stereocenters. The summed E-state index contributed by atoms with van der Waals surface area (Å²) in [7, 11) is 0. The van der Waals surface area contributed by atoms with E-state index in [0.717, 1.165) is 23.1 Å². The monoisotopic (exact) mass is 507 g/mol. The van der Waals surface area contributed by atoms with Gasteiger partial charge < -0.3 is 14.8 Å². The number of esters is 1. The Morgan fingerprint density at radius 1 is 1.03 bits per heavy atom. The summed E-state index contributed by atoms with van der Waals surface area (Å²) in [6.07, 6.45) is 2.27. The van der Waals surface area contributed by atoms with E-state index >= 15 is 0 Å². The number of fused-ring (bicyclic) bond motifs is 2. The molecule has 1 aliphatic carbocycles. The van der Waals surface area contributed by atoms with Crippen LogP contribution in [-0.2, 0) is 15.9 Å². The van der Waals surface area contributed by atoms with Crippen molar-refractivity contribution in [3.8, 4) is 0 Å². The van der Waals surface area contributed by atoms with Crippen LogP contribution in [0.2, 0.25) is 0 Å². The second-order valence-electron chi connectivity index (χ2n) is 11.1. The third-order valence-electron chi connectivity index (χ3n) is 5.84. The zero-order chi connectivity index (χ0) is 27.1. The zero-order valence-corrected chi connectivity index (χ0v) is 22.3. The molecule has 4 rings (SSSR count). The predicted molar refractivity (Wildman–Crippen MR) is 138 cm³/mol. The molecule has 0 fully saturated rings. The Bertz CT molecular complexity index is 1380. The van der Waals surface area contributed by atoms with Gasteiger partial charge >= 0.3 is 12.1 Å². The minimum absolute atomic E-state index is 0.178. The van der Waals surface area contributed by atoms with Crippen molar-refractivity contribution in [1.82, 2.24) is 19.9 Å². The standard InChI is InChI=1S/C27H33N5O5/c1-15-16-10-11-19(18(16)9-8-17(15)24(34)36-26(2,3)4)29-23(33)20-14-21(30-22-12-13-28-32(20)22)31-25(35)37-27(5,6)7/h8-9,12-14,19H,10-11H2,1-7H3,(H,29,33)(H,30,31,35)/t19-/m0/s1. The Hall–Kier alpha value is -3.95. The molecule has 0 aliphatic heterocycles. The van der Waals surface area contributed by atoms with Gasteiger partial charge in [-0.3, -0.25) is 10.1 Å². The van der Waals surface area contributed by atoms with E-state index < -0.39 is 17.3 Å². The minimum atomic E-state index is -0.678. The van der Waals surface area contributed by atoms with Gasteiger partial charge in [-0.25, -0.2) is 19.1 Å². The highest BCUT2D eigenvalue weighted by atomic mass is 16.6. The van der Waals surface area contributed by atoms with E-state index in [0.29, 0.717) is 17.6 Å². The summed E-state index contributed by atoms with van der Waals surface area (Å²) < 4.78 is 12.3. The topological polar surface area (TPSA) is 124 Å². The van der Waals surface area contributed by atoms with E-state index in [4.69, 9.17) is 9.47 Å². The molecular weight excluding hydrogens is 474 g/mol. The van der Waals surface area contributed by atoms with Crippen LogP contribution in [0, 0.1) is 6.92 Å². The first-order chi connectivity index (χ1) is 17.2. The first-order valence-corrected chi connectivity index (χ1v) is 12.2. The maximum Gasteiger partial charge on any atom is 0.413 e. The molecule has 0 bridgehead atoms. The molecule has 1 aromatic carbocycles. The number of hydrogen-bond acceptors (Lipinski definition) is 7. The molecule has 1 aliphatic rings. The molecule has 37 heavy (non-hydrogen) atoms. The van der Waals surface area contributed by atoms with Crippen LogP contribution in [0.1, 0.15) is 91.5 Å². The van der Waals surface area contributed by atoms with E-state index in [9.17, 15) is 14.4 Å². The molecular formula is C27H33N5O5. The molecule has 2 amide bonds. The van der Waals surface area contributed by atoms with Crippen molar-refractivity contribution < 1.29 is 23.9 Å². The predicted octanol–water partition coefficient (Wildman–Crippen LogP) is 4.76. The minimum Gasteiger partial charge on any atom is -0.456 e. The molecule has 0 saturated carbocycles. The normalized spacial score (nSPS) is 15.3. The lowest BCUT2D eigenvalue weighted by molar-refractivity contribution is 0.00682. The van der Waals surface area contributed by atoms with Crippen molar-refractivity contribution in [3.05, 3.63) is 58.4 Å². The van der Waals surface area contributed by atoms with Crippen LogP contribution in [0.15, 0.2) is 30.5 Å². The maximum absolute atomic E-state index is 13.4. The van der Waals surface area contributed by atoms with Crippen molar-refractivity contribution >= 4 is 29.4 Å². The third kappa shape index (κ3) is 5.90. The van der Waals surface area contributed by atoms with Gasteiger partial charge in [0.1, 0.15) is 22.7 Å². The lowest BCUT2D eigenvalue weighted by Crippen LogP contribution is -2.30. The Kier molecular flexibility index (Phi) is 6.70. The zero-order valence-electron chi connectivity index (χ0n) is 22.3. The quantitative estimate of drug-likeness (QED) is 0.488. The fraction of sp³-hybridized carbons (Fsp3) is 0.444. The largest absolute Gasteiger partial charge is 0.456 e. The first-order valence-electron chi connectivity index (χ1n) is 12.2. The number of amides is 2. The van der Waals surface area contributed by atoms with E-state index in [1.165, 1.54) is 16.8 Å². The first kappa shape index (κ1) is 26.1. The summed E-state index contributed by atoms with van der Waals surface area (Å²) in [5, 5.41) is 9.88. The van der Waals surface area contributed by atoms with Gasteiger partial charge in [0.05, 0.1) is 17.8 Å². The van der Waals surface area contributed by atoms with Crippen LogP contribution in [0.5, 0.6) is 0 Å². The fourth-order valence-corrected chi connectivity index (χ4v) is 4.36. The number of anilines is 1. The summed E-state index contributed by atoms with van der Waals surface area (Å²) >= 11 is 0. The van der Waals surface area contributed by atoms with Crippen molar-refractivity contribution in [1.29, 1.82) is 0 Å². The number of ether oxygens (including phenoxy) is 2. The van der Waals surface area contributed by atoms with Gasteiger partial charge in [-0.1, -0.05) is 6.07 Å². The maximum atomic E-state index is 13.4. The van der Waals surface area contributed by atoms with E-state index in [2.05, 4.69) is 20.7 Å². The van der Waals surface area contributed by atoms with Gasteiger partial charge in [0.25, 0.3) is 5.91 Å². The molecule has 2 heterocycles. The SMILES string of the molecule is Cc1c(C(=O)OC(C)(C)C)ccc2c1CC[C@@H]2NC(=O)c1cc(NC(=O)OC(C)(C)C)nc2ccnn12. The number of rotatable bonds is 4. The van der Waals surface area contributed by atoms with Gasteiger partial charge in [0, 0.05) is 12.1 Å². The van der Waals surface area contributed by atoms with Crippen molar-refractivity contribution in [2.75, 3.05) is 5.32 Å². The fourth-order valence-electron chi connectivity index (χ4n) is 4.36. The van der Waals surface area contributed by atoms with Crippen molar-refractivity contribution in [2.24, 2.45) is 0 Å². The van der Waals surface area contributed by atoms with E-state index in [1.807, 2.05) is 33.8 Å². The third-order valence-corrected chi connectivity index (χ3v) is 5.84. The second-order valence-corrected chi connectivity index (χ2v) is 11.1. The Balaban J connectivity index is 1.56. The van der Waals surface area contributed by atoms with E-state index in [1.54, 1.807) is 32.9 Å². The molecule has 0 spiro atoms. The molecule has 1 atom stereocenters. The van der Waals surface area contributed by atoms with Crippen LogP contribution in [0.25, 0.3) is 5.65 Å². The number of hydrogen-bond donors (Lipinski definition) is 2. The van der Waals surface area contributed by atoms with Crippen molar-refractivity contribution in [3.63, 3.8) is 0 Å². The average molecular weight is 508 g/mol. The summed E-state index contributed by atoms with van der Waals surface area (Å²) in [6.45, 7) is 12.7. The van der Waals surface area contributed by atoms with Crippen molar-refractivity contribution in [2.45, 2.75) is 78.6 Å². The van der Waals surface area contributed by atoms with E-state index in [-0.39, 0.29) is 29.4 Å². The van der Waals surface area contributed by atoms with Crippen LogP contribution >= 0.6 is 0 Å². The highest BCUT2D eigenvalue weighted by molar-refractivity contribution is 5.95. The highest BCUT2D eigenvalue weighted by Crippen LogP contribution is 2.35. The number of carbonyl (C=O) groups is 3. The number of nitrogens with one attached hydrogen (secondary N) is 2. The molecule has 2 aromatic heterocycles. The average Bonchev–Trinajstić information content (AvgIpc) is 3.38. The smallest absolute Gasteiger partial charge is 0.413 e. The summed E-state index contributed by atoms with van der Waals surface area (Å²) in [5.74, 6) is -0.546. The van der Waals surface area contributed by atoms with Crippen LogP contribution in [0.4, 0.5) is 10.6 Å².